The van der Waals surface area contributed by atoms with Crippen LogP contribution < -0.4 is 10.1 Å². The second-order valence-electron chi connectivity index (χ2n) is 10.9. The van der Waals surface area contributed by atoms with Gasteiger partial charge in [-0.1, -0.05) is 20.8 Å². The number of ether oxygens (including phenoxy) is 2. The van der Waals surface area contributed by atoms with Crippen LogP contribution in [0.15, 0.2) is 36.4 Å². The predicted octanol–water partition coefficient (Wildman–Crippen LogP) is 6.81. The average molecular weight is 482 g/mol. The molecule has 35 heavy (non-hydrogen) atoms. The van der Waals surface area contributed by atoms with Gasteiger partial charge in [0.2, 0.25) is 5.95 Å². The lowest BCUT2D eigenvalue weighted by atomic mass is 9.70. The number of hydrogen-bond donors (Lipinski definition) is 1. The highest BCUT2D eigenvalue weighted by atomic mass is 19.1. The number of nitrogens with zero attached hydrogens (tertiary/aromatic N) is 2. The van der Waals surface area contributed by atoms with Crippen LogP contribution in [0.3, 0.4) is 0 Å². The molecule has 0 spiro atoms. The Bertz CT molecular complexity index is 1200. The van der Waals surface area contributed by atoms with Crippen LogP contribution in [0.5, 0.6) is 5.75 Å². The van der Waals surface area contributed by atoms with E-state index in [0.29, 0.717) is 17.4 Å². The number of halogens is 1. The van der Waals surface area contributed by atoms with Gasteiger partial charge in [-0.05, 0) is 74.8 Å². The fraction of sp³-hybridized carbons (Fsp3) is 0.500. The summed E-state index contributed by atoms with van der Waals surface area (Å²) in [7, 11) is 1.30. The van der Waals surface area contributed by atoms with E-state index in [1.807, 2.05) is 38.1 Å². The maximum absolute atomic E-state index is 15.1. The van der Waals surface area contributed by atoms with Crippen molar-refractivity contribution in [3.8, 4) is 5.75 Å². The van der Waals surface area contributed by atoms with E-state index >= 15 is 4.39 Å². The zero-order chi connectivity index (χ0) is 25.3. The first kappa shape index (κ1) is 25.0. The lowest BCUT2D eigenvalue weighted by Gasteiger charge is -2.40. The predicted molar refractivity (Wildman–Crippen MR) is 137 cm³/mol. The lowest BCUT2D eigenvalue weighted by Crippen LogP contribution is -2.29. The second kappa shape index (κ2) is 9.88. The van der Waals surface area contributed by atoms with E-state index in [1.165, 1.54) is 13.2 Å². The molecule has 1 fully saturated rings. The number of nitrogens with one attached hydrogen (secondary N) is 1. The molecule has 4 rings (SSSR count). The minimum Gasteiger partial charge on any atom is -0.491 e. The Labute approximate surface area is 206 Å². The van der Waals surface area contributed by atoms with Crippen molar-refractivity contribution in [3.05, 3.63) is 47.8 Å². The first-order valence-electron chi connectivity index (χ1n) is 12.4. The molecule has 0 bridgehead atoms. The monoisotopic (exact) mass is 481 g/mol. The van der Waals surface area contributed by atoms with Crippen LogP contribution in [0.2, 0.25) is 0 Å². The highest BCUT2D eigenvalue weighted by molar-refractivity contribution is 5.82. The maximum Gasteiger partial charge on any atom is 0.310 e. The van der Waals surface area contributed by atoms with Crippen molar-refractivity contribution in [3.63, 3.8) is 0 Å². The van der Waals surface area contributed by atoms with Crippen molar-refractivity contribution in [2.45, 2.75) is 72.4 Å². The molecule has 0 saturated heterocycles. The number of fused-ring (bicyclic) bond motifs is 1. The van der Waals surface area contributed by atoms with Crippen molar-refractivity contribution < 1.29 is 18.7 Å². The van der Waals surface area contributed by atoms with Crippen LogP contribution in [0.1, 0.15) is 65.5 Å². The number of esters is 1. The van der Waals surface area contributed by atoms with Crippen LogP contribution in [0, 0.1) is 17.2 Å². The van der Waals surface area contributed by atoms with Gasteiger partial charge in [-0.25, -0.2) is 9.37 Å². The standard InChI is InChI=1S/C28H36FN3O3/c1-17(2)35-22-9-7-20(8-10-22)30-27-31-24-12-19(13-26(33)34-6)23(29)14-25(24)32(27)21-11-18(3)15-28(4,5)16-21/h7-10,12,14,17-18,21H,11,13,15-16H2,1-6H3,(H,30,31)/t18-,21+/m1/s1. The highest BCUT2D eigenvalue weighted by Crippen LogP contribution is 2.46. The number of carbonyl (C=O) groups excluding carboxylic acids is 1. The normalized spacial score (nSPS) is 19.7. The summed E-state index contributed by atoms with van der Waals surface area (Å²) in [6, 6.07) is 11.1. The molecule has 1 N–H and O–H groups in total. The van der Waals surface area contributed by atoms with Crippen molar-refractivity contribution in [1.82, 2.24) is 9.55 Å². The summed E-state index contributed by atoms with van der Waals surface area (Å²) < 4.78 is 27.7. The number of imidazole rings is 1. The molecule has 6 nitrogen and oxygen atoms in total. The van der Waals surface area contributed by atoms with E-state index in [0.717, 1.165) is 36.2 Å². The number of aromatic nitrogens is 2. The first-order chi connectivity index (χ1) is 16.5. The van der Waals surface area contributed by atoms with Crippen LogP contribution in [-0.2, 0) is 16.0 Å². The number of benzene rings is 2. The Kier molecular flexibility index (Phi) is 7.06. The zero-order valence-electron chi connectivity index (χ0n) is 21.5. The van der Waals surface area contributed by atoms with Gasteiger partial charge in [0.05, 0.1) is 30.7 Å². The summed E-state index contributed by atoms with van der Waals surface area (Å²) in [4.78, 5) is 16.7. The molecule has 2 aromatic carbocycles. The van der Waals surface area contributed by atoms with Gasteiger partial charge in [0.25, 0.3) is 0 Å². The SMILES string of the molecule is COC(=O)Cc1cc2nc(Nc3ccc(OC(C)C)cc3)n([C@H]3C[C@@H](C)CC(C)(C)C3)c2cc1F. The molecular formula is C28H36FN3O3. The molecule has 1 saturated carbocycles. The van der Waals surface area contributed by atoms with Gasteiger partial charge >= 0.3 is 5.97 Å². The quantitative estimate of drug-likeness (QED) is 0.376. The number of carbonyl (C=O) groups is 1. The zero-order valence-corrected chi connectivity index (χ0v) is 21.5. The Balaban J connectivity index is 1.76. The van der Waals surface area contributed by atoms with Gasteiger partial charge in [0, 0.05) is 23.4 Å². The lowest BCUT2D eigenvalue weighted by molar-refractivity contribution is -0.139. The van der Waals surface area contributed by atoms with E-state index in [-0.39, 0.29) is 29.5 Å². The largest absolute Gasteiger partial charge is 0.491 e. The molecule has 0 unspecified atom stereocenters. The minimum absolute atomic E-state index is 0.101. The third-order valence-corrected chi connectivity index (χ3v) is 6.63. The third kappa shape index (κ3) is 5.77. The Hall–Kier alpha value is -3.09. The van der Waals surface area contributed by atoms with Gasteiger partial charge in [-0.2, -0.15) is 0 Å². The van der Waals surface area contributed by atoms with Crippen molar-refractivity contribution in [2.75, 3.05) is 12.4 Å². The Morgan fingerprint density at radius 2 is 1.94 bits per heavy atom. The number of hydrogen-bond acceptors (Lipinski definition) is 5. The molecule has 188 valence electrons. The Morgan fingerprint density at radius 1 is 1.23 bits per heavy atom. The topological polar surface area (TPSA) is 65.4 Å². The minimum atomic E-state index is -0.479. The fourth-order valence-electron chi connectivity index (χ4n) is 5.49. The number of rotatable bonds is 7. The summed E-state index contributed by atoms with van der Waals surface area (Å²) in [6.07, 6.45) is 3.11. The van der Waals surface area contributed by atoms with E-state index in [2.05, 4.69) is 30.7 Å². The smallest absolute Gasteiger partial charge is 0.310 e. The van der Waals surface area contributed by atoms with E-state index in [1.54, 1.807) is 6.07 Å². The van der Waals surface area contributed by atoms with E-state index < -0.39 is 11.8 Å². The molecule has 0 aliphatic heterocycles. The maximum atomic E-state index is 15.1. The second-order valence-corrected chi connectivity index (χ2v) is 10.9. The fourth-order valence-corrected chi connectivity index (χ4v) is 5.49. The summed E-state index contributed by atoms with van der Waals surface area (Å²) in [6.45, 7) is 10.9. The Morgan fingerprint density at radius 3 is 2.57 bits per heavy atom. The molecule has 3 aromatic rings. The van der Waals surface area contributed by atoms with Crippen LogP contribution in [-0.4, -0.2) is 28.7 Å². The molecular weight excluding hydrogens is 445 g/mol. The van der Waals surface area contributed by atoms with Crippen molar-refractivity contribution >= 4 is 28.6 Å². The van der Waals surface area contributed by atoms with Crippen molar-refractivity contribution in [2.24, 2.45) is 11.3 Å². The summed E-state index contributed by atoms with van der Waals surface area (Å²) >= 11 is 0. The highest BCUT2D eigenvalue weighted by Gasteiger charge is 2.35. The molecule has 7 heteroatoms. The first-order valence-corrected chi connectivity index (χ1v) is 12.4. The van der Waals surface area contributed by atoms with Gasteiger partial charge in [0.1, 0.15) is 11.6 Å². The van der Waals surface area contributed by atoms with Crippen LogP contribution >= 0.6 is 0 Å². The van der Waals surface area contributed by atoms with E-state index in [9.17, 15) is 4.79 Å². The van der Waals surface area contributed by atoms with Crippen LogP contribution in [0.25, 0.3) is 11.0 Å². The molecule has 2 atom stereocenters. The molecule has 0 radical (unpaired) electrons. The molecule has 1 aliphatic carbocycles. The van der Waals surface area contributed by atoms with Gasteiger partial charge in [-0.15, -0.1) is 0 Å². The van der Waals surface area contributed by atoms with Gasteiger partial charge < -0.3 is 19.4 Å². The number of methoxy groups -OCH3 is 1. The number of anilines is 2. The third-order valence-electron chi connectivity index (χ3n) is 6.63. The van der Waals surface area contributed by atoms with Crippen LogP contribution in [0.4, 0.5) is 16.0 Å². The van der Waals surface area contributed by atoms with E-state index in [4.69, 9.17) is 14.5 Å². The molecule has 1 aliphatic rings. The van der Waals surface area contributed by atoms with Gasteiger partial charge in [0.15, 0.2) is 0 Å². The van der Waals surface area contributed by atoms with Gasteiger partial charge in [-0.3, -0.25) is 4.79 Å². The van der Waals surface area contributed by atoms with Crippen molar-refractivity contribution in [1.29, 1.82) is 0 Å². The summed E-state index contributed by atoms with van der Waals surface area (Å²) in [5.74, 6) is 1.12. The molecule has 1 aromatic heterocycles. The summed E-state index contributed by atoms with van der Waals surface area (Å²) in [5, 5.41) is 3.46. The summed E-state index contributed by atoms with van der Waals surface area (Å²) in [5.41, 5.74) is 2.72. The molecule has 1 heterocycles. The molecule has 0 amide bonds. The average Bonchev–Trinajstić information content (AvgIpc) is 3.10.